The normalized spacial score (nSPS) is 10.0. The number of rotatable bonds is 5. The number of pyridine rings is 1. The first-order chi connectivity index (χ1) is 12.7. The minimum absolute atomic E-state index is 0.147. The summed E-state index contributed by atoms with van der Waals surface area (Å²) in [6.45, 7) is 0. The first-order valence-corrected chi connectivity index (χ1v) is 7.93. The van der Waals surface area contributed by atoms with Gasteiger partial charge in [-0.3, -0.25) is 14.6 Å². The average molecular weight is 347 g/mol. The standard InChI is InChI=1S/C20H17N3O3/c1-26-17-9-5-8-16(13-17)23-20(25)18-12-14(10-11-21-18)19(24)22-15-6-3-2-4-7-15/h2-13H,1H3,(H,22,24)(H,23,25). The summed E-state index contributed by atoms with van der Waals surface area (Å²) < 4.78 is 5.13. The second kappa shape index (κ2) is 7.94. The lowest BCUT2D eigenvalue weighted by molar-refractivity contribution is 0.102. The van der Waals surface area contributed by atoms with Gasteiger partial charge in [0.15, 0.2) is 0 Å². The molecule has 0 unspecified atom stereocenters. The van der Waals surface area contributed by atoms with Crippen molar-refractivity contribution in [1.29, 1.82) is 0 Å². The molecule has 0 saturated heterocycles. The third-order valence-electron chi connectivity index (χ3n) is 3.61. The van der Waals surface area contributed by atoms with Crippen molar-refractivity contribution in [3.8, 4) is 5.75 Å². The second-order valence-electron chi connectivity index (χ2n) is 5.44. The van der Waals surface area contributed by atoms with Gasteiger partial charge in [0, 0.05) is 29.2 Å². The highest BCUT2D eigenvalue weighted by Crippen LogP contribution is 2.17. The predicted molar refractivity (Wildman–Crippen MR) is 99.6 cm³/mol. The monoisotopic (exact) mass is 347 g/mol. The maximum Gasteiger partial charge on any atom is 0.274 e. The first kappa shape index (κ1) is 17.2. The number of amides is 2. The van der Waals surface area contributed by atoms with Crippen LogP contribution in [0.5, 0.6) is 5.75 Å². The fourth-order valence-electron chi connectivity index (χ4n) is 2.32. The number of ether oxygens (including phenoxy) is 1. The van der Waals surface area contributed by atoms with Crippen LogP contribution in [-0.4, -0.2) is 23.9 Å². The summed E-state index contributed by atoms with van der Waals surface area (Å²) in [6.07, 6.45) is 1.43. The second-order valence-corrected chi connectivity index (χ2v) is 5.44. The lowest BCUT2D eigenvalue weighted by Crippen LogP contribution is -2.17. The Kier molecular flexibility index (Phi) is 5.24. The fraction of sp³-hybridized carbons (Fsp3) is 0.0500. The summed E-state index contributed by atoms with van der Waals surface area (Å²) in [6, 6.07) is 19.1. The number of aromatic nitrogens is 1. The Morgan fingerprint density at radius 3 is 2.35 bits per heavy atom. The summed E-state index contributed by atoms with van der Waals surface area (Å²) in [5.41, 5.74) is 1.75. The van der Waals surface area contributed by atoms with Crippen molar-refractivity contribution in [3.05, 3.63) is 84.2 Å². The van der Waals surface area contributed by atoms with Gasteiger partial charge in [-0.15, -0.1) is 0 Å². The number of benzene rings is 2. The minimum atomic E-state index is -0.410. The molecule has 1 heterocycles. The highest BCUT2D eigenvalue weighted by atomic mass is 16.5. The molecule has 1 aromatic heterocycles. The fourth-order valence-corrected chi connectivity index (χ4v) is 2.32. The van der Waals surface area contributed by atoms with Crippen LogP contribution < -0.4 is 15.4 Å². The molecule has 3 aromatic rings. The van der Waals surface area contributed by atoms with E-state index in [0.717, 1.165) is 0 Å². The zero-order valence-electron chi connectivity index (χ0n) is 14.1. The van der Waals surface area contributed by atoms with E-state index in [1.807, 2.05) is 18.2 Å². The molecule has 2 N–H and O–H groups in total. The highest BCUT2D eigenvalue weighted by Gasteiger charge is 2.12. The van der Waals surface area contributed by atoms with E-state index in [9.17, 15) is 9.59 Å². The zero-order valence-corrected chi connectivity index (χ0v) is 14.1. The number of nitrogens with one attached hydrogen (secondary N) is 2. The van der Waals surface area contributed by atoms with Gasteiger partial charge in [0.2, 0.25) is 0 Å². The molecule has 3 rings (SSSR count). The molecular weight excluding hydrogens is 330 g/mol. The maximum atomic E-state index is 12.4. The summed E-state index contributed by atoms with van der Waals surface area (Å²) >= 11 is 0. The summed E-state index contributed by atoms with van der Waals surface area (Å²) in [5.74, 6) is -0.0895. The number of hydrogen-bond acceptors (Lipinski definition) is 4. The van der Waals surface area contributed by atoms with Crippen LogP contribution in [0.15, 0.2) is 72.9 Å². The number of carbonyl (C=O) groups is 2. The Bertz CT molecular complexity index is 926. The molecule has 0 atom stereocenters. The molecule has 0 spiro atoms. The lowest BCUT2D eigenvalue weighted by atomic mass is 10.2. The number of carbonyl (C=O) groups excluding carboxylic acids is 2. The van der Waals surface area contributed by atoms with E-state index in [1.165, 1.54) is 12.3 Å². The maximum absolute atomic E-state index is 12.4. The van der Waals surface area contributed by atoms with Gasteiger partial charge in [0.05, 0.1) is 7.11 Å². The molecule has 0 fully saturated rings. The van der Waals surface area contributed by atoms with Crippen LogP contribution in [0.3, 0.4) is 0 Å². The third kappa shape index (κ3) is 4.24. The van der Waals surface area contributed by atoms with Crippen LogP contribution in [0, 0.1) is 0 Å². The van der Waals surface area contributed by atoms with Crippen molar-refractivity contribution < 1.29 is 14.3 Å². The Morgan fingerprint density at radius 1 is 0.846 bits per heavy atom. The van der Waals surface area contributed by atoms with Crippen molar-refractivity contribution >= 4 is 23.2 Å². The molecule has 0 aliphatic heterocycles. The van der Waals surface area contributed by atoms with E-state index < -0.39 is 5.91 Å². The summed E-state index contributed by atoms with van der Waals surface area (Å²) in [5, 5.41) is 5.51. The minimum Gasteiger partial charge on any atom is -0.497 e. The van der Waals surface area contributed by atoms with Gasteiger partial charge >= 0.3 is 0 Å². The molecule has 2 aromatic carbocycles. The number of hydrogen-bond donors (Lipinski definition) is 2. The molecule has 26 heavy (non-hydrogen) atoms. The van der Waals surface area contributed by atoms with Gasteiger partial charge < -0.3 is 15.4 Å². The molecule has 0 radical (unpaired) electrons. The van der Waals surface area contributed by atoms with Crippen molar-refractivity contribution in [2.75, 3.05) is 17.7 Å². The lowest BCUT2D eigenvalue weighted by Gasteiger charge is -2.08. The van der Waals surface area contributed by atoms with E-state index >= 15 is 0 Å². The predicted octanol–water partition coefficient (Wildman–Crippen LogP) is 3.59. The molecule has 6 heteroatoms. The molecule has 0 saturated carbocycles. The molecule has 0 aliphatic carbocycles. The summed E-state index contributed by atoms with van der Waals surface area (Å²) in [7, 11) is 1.55. The Balaban J connectivity index is 1.73. The highest BCUT2D eigenvalue weighted by molar-refractivity contribution is 6.07. The van der Waals surface area contributed by atoms with Gasteiger partial charge in [-0.05, 0) is 36.4 Å². The van der Waals surface area contributed by atoms with Gasteiger partial charge in [-0.1, -0.05) is 24.3 Å². The smallest absolute Gasteiger partial charge is 0.274 e. The van der Waals surface area contributed by atoms with Crippen LogP contribution in [-0.2, 0) is 0 Å². The molecule has 6 nitrogen and oxygen atoms in total. The Labute approximate surface area is 150 Å². The summed E-state index contributed by atoms with van der Waals surface area (Å²) in [4.78, 5) is 28.8. The van der Waals surface area contributed by atoms with E-state index in [2.05, 4.69) is 15.6 Å². The van der Waals surface area contributed by atoms with Crippen LogP contribution in [0.1, 0.15) is 20.8 Å². The number of nitrogens with zero attached hydrogens (tertiary/aromatic N) is 1. The van der Waals surface area contributed by atoms with Crippen molar-refractivity contribution in [2.45, 2.75) is 0 Å². The first-order valence-electron chi connectivity index (χ1n) is 7.93. The molecule has 0 aliphatic rings. The van der Waals surface area contributed by atoms with Crippen LogP contribution in [0.2, 0.25) is 0 Å². The van der Waals surface area contributed by atoms with Crippen LogP contribution in [0.25, 0.3) is 0 Å². The van der Waals surface area contributed by atoms with Gasteiger partial charge in [0.1, 0.15) is 11.4 Å². The number of para-hydroxylation sites is 1. The molecular formula is C20H17N3O3. The largest absolute Gasteiger partial charge is 0.497 e. The quantitative estimate of drug-likeness (QED) is 0.739. The number of anilines is 2. The van der Waals surface area contributed by atoms with Gasteiger partial charge in [-0.2, -0.15) is 0 Å². The Morgan fingerprint density at radius 2 is 1.58 bits per heavy atom. The SMILES string of the molecule is COc1cccc(NC(=O)c2cc(C(=O)Nc3ccccc3)ccn2)c1. The topological polar surface area (TPSA) is 80.3 Å². The third-order valence-corrected chi connectivity index (χ3v) is 3.61. The molecule has 2 amide bonds. The van der Waals surface area contributed by atoms with Crippen molar-refractivity contribution in [2.24, 2.45) is 0 Å². The van der Waals surface area contributed by atoms with Gasteiger partial charge in [-0.25, -0.2) is 0 Å². The van der Waals surface area contributed by atoms with E-state index in [1.54, 1.807) is 49.6 Å². The molecule has 130 valence electrons. The molecule has 0 bridgehead atoms. The van der Waals surface area contributed by atoms with Gasteiger partial charge in [0.25, 0.3) is 11.8 Å². The average Bonchev–Trinajstić information content (AvgIpc) is 2.69. The van der Waals surface area contributed by atoms with E-state index in [0.29, 0.717) is 22.7 Å². The van der Waals surface area contributed by atoms with Crippen LogP contribution in [0.4, 0.5) is 11.4 Å². The van der Waals surface area contributed by atoms with E-state index in [4.69, 9.17) is 4.74 Å². The van der Waals surface area contributed by atoms with Crippen molar-refractivity contribution in [3.63, 3.8) is 0 Å². The van der Waals surface area contributed by atoms with Crippen LogP contribution >= 0.6 is 0 Å². The van der Waals surface area contributed by atoms with Crippen molar-refractivity contribution in [1.82, 2.24) is 4.98 Å². The Hall–Kier alpha value is -3.67. The van der Waals surface area contributed by atoms with E-state index in [-0.39, 0.29) is 11.6 Å². The number of methoxy groups -OCH3 is 1. The zero-order chi connectivity index (χ0) is 18.4.